The predicted octanol–water partition coefficient (Wildman–Crippen LogP) is 3.12. The number of benzene rings is 2. The minimum atomic E-state index is -0.571. The van der Waals surface area contributed by atoms with Crippen LogP contribution in [0.3, 0.4) is 0 Å². The highest BCUT2D eigenvalue weighted by Crippen LogP contribution is 2.21. The molecule has 2 aromatic carbocycles. The van der Waals surface area contributed by atoms with Crippen LogP contribution < -0.4 is 5.32 Å². The summed E-state index contributed by atoms with van der Waals surface area (Å²) in [4.78, 5) is 24.5. The third-order valence-corrected chi connectivity index (χ3v) is 4.39. The molecule has 7 heteroatoms. The highest BCUT2D eigenvalue weighted by Gasteiger charge is 2.14. The average Bonchev–Trinajstić information content (AvgIpc) is 3.10. The zero-order chi connectivity index (χ0) is 19.4. The van der Waals surface area contributed by atoms with E-state index in [1.165, 1.54) is 0 Å². The first-order valence-corrected chi connectivity index (χ1v) is 8.92. The predicted molar refractivity (Wildman–Crippen MR) is 103 cm³/mol. The van der Waals surface area contributed by atoms with Gasteiger partial charge in [0.15, 0.2) is 6.61 Å². The number of aryl methyl sites for hydroxylation is 3. The van der Waals surface area contributed by atoms with Crippen LogP contribution in [0.25, 0.3) is 11.0 Å². The van der Waals surface area contributed by atoms with E-state index in [-0.39, 0.29) is 12.5 Å². The van der Waals surface area contributed by atoms with Crippen molar-refractivity contribution in [3.63, 3.8) is 0 Å². The maximum Gasteiger partial charge on any atom is 0.338 e. The van der Waals surface area contributed by atoms with Crippen LogP contribution in [0.15, 0.2) is 36.4 Å². The highest BCUT2D eigenvalue weighted by atomic mass is 16.5. The third-order valence-electron chi connectivity index (χ3n) is 4.39. The quantitative estimate of drug-likeness (QED) is 0.678. The fourth-order valence-electron chi connectivity index (χ4n) is 2.92. The molecule has 0 bridgehead atoms. The van der Waals surface area contributed by atoms with Crippen molar-refractivity contribution < 1.29 is 14.3 Å². The Kier molecular flexibility index (Phi) is 5.49. The van der Waals surface area contributed by atoms with Crippen LogP contribution in [-0.2, 0) is 22.5 Å². The molecule has 0 spiro atoms. The second-order valence-electron chi connectivity index (χ2n) is 6.20. The molecule has 1 N–H and O–H groups in total. The minimum Gasteiger partial charge on any atom is -0.452 e. The van der Waals surface area contributed by atoms with Crippen molar-refractivity contribution in [2.75, 3.05) is 11.9 Å². The molecule has 7 nitrogen and oxygen atoms in total. The second kappa shape index (κ2) is 7.99. The summed E-state index contributed by atoms with van der Waals surface area (Å²) < 4.78 is 6.89. The number of aromatic nitrogens is 3. The molecule has 0 atom stereocenters. The van der Waals surface area contributed by atoms with E-state index in [0.717, 1.165) is 28.8 Å². The van der Waals surface area contributed by atoms with Crippen LogP contribution in [-0.4, -0.2) is 33.5 Å². The first kappa shape index (κ1) is 18.6. The van der Waals surface area contributed by atoms with E-state index in [1.807, 2.05) is 39.0 Å². The second-order valence-corrected chi connectivity index (χ2v) is 6.20. The Morgan fingerprint density at radius 2 is 2.00 bits per heavy atom. The summed E-state index contributed by atoms with van der Waals surface area (Å²) in [5, 5.41) is 10.9. The smallest absolute Gasteiger partial charge is 0.338 e. The summed E-state index contributed by atoms with van der Waals surface area (Å²) in [7, 11) is 0. The van der Waals surface area contributed by atoms with Gasteiger partial charge >= 0.3 is 5.97 Å². The van der Waals surface area contributed by atoms with Crippen LogP contribution >= 0.6 is 0 Å². The van der Waals surface area contributed by atoms with Crippen LogP contribution in [0.5, 0.6) is 0 Å². The first-order valence-electron chi connectivity index (χ1n) is 8.92. The normalized spacial score (nSPS) is 10.8. The molecule has 0 unspecified atom stereocenters. The molecule has 0 radical (unpaired) electrons. The van der Waals surface area contributed by atoms with E-state index in [2.05, 4.69) is 15.6 Å². The highest BCUT2D eigenvalue weighted by molar-refractivity contribution is 5.97. The number of amides is 1. The molecule has 1 amide bonds. The maximum absolute atomic E-state index is 12.3. The van der Waals surface area contributed by atoms with Crippen molar-refractivity contribution in [3.05, 3.63) is 53.1 Å². The summed E-state index contributed by atoms with van der Waals surface area (Å²) in [6, 6.07) is 10.9. The third kappa shape index (κ3) is 3.97. The largest absolute Gasteiger partial charge is 0.452 e. The van der Waals surface area contributed by atoms with Gasteiger partial charge in [0.25, 0.3) is 5.91 Å². The Labute approximate surface area is 157 Å². The van der Waals surface area contributed by atoms with Crippen LogP contribution in [0.2, 0.25) is 0 Å². The molecule has 3 rings (SSSR count). The number of rotatable bonds is 6. The summed E-state index contributed by atoms with van der Waals surface area (Å²) in [5.74, 6) is -0.941. The molecular formula is C20H22N4O3. The molecule has 0 saturated carbocycles. The topological polar surface area (TPSA) is 86.1 Å². The molecule has 1 heterocycles. The molecule has 0 aliphatic heterocycles. The monoisotopic (exact) mass is 366 g/mol. The number of hydrogen-bond acceptors (Lipinski definition) is 5. The summed E-state index contributed by atoms with van der Waals surface area (Å²) in [6.07, 6.45) is 0.801. The zero-order valence-electron chi connectivity index (χ0n) is 15.7. The lowest BCUT2D eigenvalue weighted by atomic mass is 10.1. The Hall–Kier alpha value is -3.22. The van der Waals surface area contributed by atoms with E-state index >= 15 is 0 Å². The number of esters is 1. The SMILES string of the molecule is CCc1cccc(C)c1NC(=O)COC(=O)c1ccc2c(c1)nnn2CC. The summed E-state index contributed by atoms with van der Waals surface area (Å²) in [5.41, 5.74) is 4.58. The van der Waals surface area contributed by atoms with Gasteiger partial charge in [-0.25, -0.2) is 9.48 Å². The lowest BCUT2D eigenvalue weighted by Gasteiger charge is -2.13. The lowest BCUT2D eigenvalue weighted by Crippen LogP contribution is -2.22. The van der Waals surface area contributed by atoms with Crippen molar-refractivity contribution in [1.82, 2.24) is 15.0 Å². The van der Waals surface area contributed by atoms with E-state index in [9.17, 15) is 9.59 Å². The molecule has 1 aromatic heterocycles. The zero-order valence-corrected chi connectivity index (χ0v) is 15.7. The number of fused-ring (bicyclic) bond motifs is 1. The Balaban J connectivity index is 1.64. The molecule has 0 saturated heterocycles. The maximum atomic E-state index is 12.3. The van der Waals surface area contributed by atoms with Gasteiger partial charge in [-0.1, -0.05) is 30.3 Å². The van der Waals surface area contributed by atoms with Gasteiger partial charge in [-0.05, 0) is 49.6 Å². The van der Waals surface area contributed by atoms with Gasteiger partial charge in [0.05, 0.1) is 11.1 Å². The van der Waals surface area contributed by atoms with Gasteiger partial charge in [0, 0.05) is 12.2 Å². The molecule has 140 valence electrons. The van der Waals surface area contributed by atoms with Crippen molar-refractivity contribution in [1.29, 1.82) is 0 Å². The Morgan fingerprint density at radius 1 is 1.19 bits per heavy atom. The number of ether oxygens (including phenoxy) is 1. The van der Waals surface area contributed by atoms with Gasteiger partial charge < -0.3 is 10.1 Å². The first-order chi connectivity index (χ1) is 13.0. The van der Waals surface area contributed by atoms with Gasteiger partial charge in [-0.3, -0.25) is 4.79 Å². The van der Waals surface area contributed by atoms with E-state index in [0.29, 0.717) is 17.6 Å². The number of para-hydroxylation sites is 1. The van der Waals surface area contributed by atoms with E-state index in [1.54, 1.807) is 22.9 Å². The number of carbonyl (C=O) groups excluding carboxylic acids is 2. The van der Waals surface area contributed by atoms with Gasteiger partial charge in [0.1, 0.15) is 5.52 Å². The fraction of sp³-hybridized carbons (Fsp3) is 0.300. The minimum absolute atomic E-state index is 0.337. The Morgan fingerprint density at radius 3 is 2.74 bits per heavy atom. The van der Waals surface area contributed by atoms with E-state index in [4.69, 9.17) is 4.74 Å². The fourth-order valence-corrected chi connectivity index (χ4v) is 2.92. The van der Waals surface area contributed by atoms with Crippen molar-refractivity contribution in [3.8, 4) is 0 Å². The van der Waals surface area contributed by atoms with Crippen LogP contribution in [0.1, 0.15) is 35.3 Å². The number of nitrogens with one attached hydrogen (secondary N) is 1. The number of nitrogens with zero attached hydrogens (tertiary/aromatic N) is 3. The molecule has 0 fully saturated rings. The van der Waals surface area contributed by atoms with Crippen molar-refractivity contribution in [2.45, 2.75) is 33.7 Å². The molecular weight excluding hydrogens is 344 g/mol. The average molecular weight is 366 g/mol. The van der Waals surface area contributed by atoms with E-state index < -0.39 is 5.97 Å². The van der Waals surface area contributed by atoms with Crippen molar-refractivity contribution >= 4 is 28.6 Å². The van der Waals surface area contributed by atoms with Gasteiger partial charge in [-0.2, -0.15) is 0 Å². The standard InChI is InChI=1S/C20H22N4O3/c1-4-14-8-6-7-13(3)19(14)21-18(25)12-27-20(26)15-9-10-17-16(11-15)22-23-24(17)5-2/h6-11H,4-5,12H2,1-3H3,(H,21,25). The molecule has 0 aliphatic carbocycles. The number of anilines is 1. The van der Waals surface area contributed by atoms with Crippen molar-refractivity contribution in [2.24, 2.45) is 0 Å². The van der Waals surface area contributed by atoms with Gasteiger partial charge in [0.2, 0.25) is 0 Å². The number of carbonyl (C=O) groups is 2. The lowest BCUT2D eigenvalue weighted by molar-refractivity contribution is -0.119. The van der Waals surface area contributed by atoms with Crippen LogP contribution in [0, 0.1) is 6.92 Å². The summed E-state index contributed by atoms with van der Waals surface area (Å²) in [6.45, 7) is 6.26. The molecule has 0 aliphatic rings. The van der Waals surface area contributed by atoms with Crippen LogP contribution in [0.4, 0.5) is 5.69 Å². The summed E-state index contributed by atoms with van der Waals surface area (Å²) >= 11 is 0. The van der Waals surface area contributed by atoms with Gasteiger partial charge in [-0.15, -0.1) is 5.10 Å². The Bertz CT molecular complexity index is 994. The molecule has 27 heavy (non-hydrogen) atoms. The number of hydrogen-bond donors (Lipinski definition) is 1. The molecule has 3 aromatic rings.